The maximum Gasteiger partial charge on any atom is 0.231 e. The molecule has 6 heteroatoms. The van der Waals surface area contributed by atoms with E-state index < -0.39 is 10.0 Å². The normalized spacial score (nSPS) is 19.5. The fourth-order valence-corrected chi connectivity index (χ4v) is 3.87. The van der Waals surface area contributed by atoms with Gasteiger partial charge in [-0.2, -0.15) is 0 Å². The Morgan fingerprint density at radius 1 is 1.30 bits per heavy atom. The van der Waals surface area contributed by atoms with Crippen LogP contribution in [0.5, 0.6) is 0 Å². The minimum absolute atomic E-state index is 0.0398. The zero-order valence-corrected chi connectivity index (χ0v) is 14.8. The van der Waals surface area contributed by atoms with E-state index in [0.717, 1.165) is 31.4 Å². The second-order valence-corrected chi connectivity index (χ2v) is 8.12. The molecule has 1 atom stereocenters. The number of benzene rings is 1. The van der Waals surface area contributed by atoms with Gasteiger partial charge in [0.2, 0.25) is 15.9 Å². The lowest BCUT2D eigenvalue weighted by Gasteiger charge is -2.33. The fourth-order valence-electron chi connectivity index (χ4n) is 2.96. The molecule has 1 aromatic carbocycles. The van der Waals surface area contributed by atoms with Gasteiger partial charge in [-0.15, -0.1) is 0 Å². The van der Waals surface area contributed by atoms with Gasteiger partial charge in [0.25, 0.3) is 0 Å². The summed E-state index contributed by atoms with van der Waals surface area (Å²) in [7, 11) is -3.24. The zero-order valence-electron chi connectivity index (χ0n) is 13.9. The molecule has 0 bridgehead atoms. The topological polar surface area (TPSA) is 57.7 Å². The molecule has 1 aliphatic rings. The molecule has 0 saturated carbocycles. The van der Waals surface area contributed by atoms with Crippen LogP contribution in [-0.2, 0) is 14.8 Å². The van der Waals surface area contributed by atoms with E-state index in [1.165, 1.54) is 10.6 Å². The molecule has 23 heavy (non-hydrogen) atoms. The van der Waals surface area contributed by atoms with Crippen LogP contribution in [0.25, 0.3) is 0 Å². The Labute approximate surface area is 139 Å². The lowest BCUT2D eigenvalue weighted by atomic mass is 9.97. The number of carbonyl (C=O) groups is 1. The third-order valence-corrected chi connectivity index (χ3v) is 5.54. The SMILES string of the molecule is CCCCN(C(=O)C1CCCN(S(C)(=O)=O)C1)c1ccccc1. The van der Waals surface area contributed by atoms with E-state index in [0.29, 0.717) is 19.6 Å². The number of hydrogen-bond acceptors (Lipinski definition) is 3. The van der Waals surface area contributed by atoms with Crippen LogP contribution in [0.4, 0.5) is 5.69 Å². The summed E-state index contributed by atoms with van der Waals surface area (Å²) in [6.45, 7) is 3.59. The van der Waals surface area contributed by atoms with Crippen molar-refractivity contribution in [2.24, 2.45) is 5.92 Å². The molecule has 1 saturated heterocycles. The molecule has 0 spiro atoms. The van der Waals surface area contributed by atoms with E-state index in [1.54, 1.807) is 0 Å². The quantitative estimate of drug-likeness (QED) is 0.801. The van der Waals surface area contributed by atoms with Crippen molar-refractivity contribution in [1.29, 1.82) is 0 Å². The number of unbranched alkanes of at least 4 members (excludes halogenated alkanes) is 1. The van der Waals surface area contributed by atoms with E-state index in [1.807, 2.05) is 35.2 Å². The van der Waals surface area contributed by atoms with Crippen molar-refractivity contribution in [3.05, 3.63) is 30.3 Å². The molecular formula is C17H26N2O3S. The second-order valence-electron chi connectivity index (χ2n) is 6.14. The monoisotopic (exact) mass is 338 g/mol. The maximum atomic E-state index is 13.0. The van der Waals surface area contributed by atoms with Gasteiger partial charge in [0.05, 0.1) is 12.2 Å². The second kappa shape index (κ2) is 7.93. The van der Waals surface area contributed by atoms with Crippen LogP contribution >= 0.6 is 0 Å². The standard InChI is InChI=1S/C17H26N2O3S/c1-3-4-13-19(16-10-6-5-7-11-16)17(20)15-9-8-12-18(14-15)23(2,21)22/h5-7,10-11,15H,3-4,8-9,12-14H2,1-2H3. The van der Waals surface area contributed by atoms with Gasteiger partial charge in [0, 0.05) is 25.3 Å². The molecule has 0 aliphatic carbocycles. The van der Waals surface area contributed by atoms with Crippen LogP contribution in [0.2, 0.25) is 0 Å². The number of piperidine rings is 1. The summed E-state index contributed by atoms with van der Waals surface area (Å²) in [4.78, 5) is 14.8. The molecule has 1 aliphatic heterocycles. The van der Waals surface area contributed by atoms with Gasteiger partial charge in [0.1, 0.15) is 0 Å². The first-order valence-corrected chi connectivity index (χ1v) is 10.1. The highest BCUT2D eigenvalue weighted by molar-refractivity contribution is 7.88. The molecule has 0 aromatic heterocycles. The van der Waals surface area contributed by atoms with Gasteiger partial charge in [-0.1, -0.05) is 31.5 Å². The number of amides is 1. The highest BCUT2D eigenvalue weighted by atomic mass is 32.2. The lowest BCUT2D eigenvalue weighted by Crippen LogP contribution is -2.46. The van der Waals surface area contributed by atoms with Crippen LogP contribution in [0.1, 0.15) is 32.6 Å². The molecule has 1 fully saturated rings. The molecule has 1 heterocycles. The number of carbonyl (C=O) groups excluding carboxylic acids is 1. The molecule has 5 nitrogen and oxygen atoms in total. The third kappa shape index (κ3) is 4.78. The Hall–Kier alpha value is -1.40. The molecule has 128 valence electrons. The fraction of sp³-hybridized carbons (Fsp3) is 0.588. The first-order chi connectivity index (χ1) is 10.9. The highest BCUT2D eigenvalue weighted by Crippen LogP contribution is 2.24. The Kier molecular flexibility index (Phi) is 6.18. The summed E-state index contributed by atoms with van der Waals surface area (Å²) in [6.07, 6.45) is 4.64. The van der Waals surface area contributed by atoms with Crippen molar-refractivity contribution in [1.82, 2.24) is 4.31 Å². The Morgan fingerprint density at radius 2 is 2.00 bits per heavy atom. The minimum atomic E-state index is -3.24. The predicted octanol–water partition coefficient (Wildman–Crippen LogP) is 2.49. The van der Waals surface area contributed by atoms with Gasteiger partial charge in [0.15, 0.2) is 0 Å². The van der Waals surface area contributed by atoms with Crippen LogP contribution in [0.15, 0.2) is 30.3 Å². The van der Waals surface area contributed by atoms with Gasteiger partial charge < -0.3 is 4.90 Å². The molecule has 2 rings (SSSR count). The molecule has 1 amide bonds. The van der Waals surface area contributed by atoms with E-state index in [-0.39, 0.29) is 11.8 Å². The summed E-state index contributed by atoms with van der Waals surface area (Å²) in [5.74, 6) is -0.214. The summed E-state index contributed by atoms with van der Waals surface area (Å²) in [5, 5.41) is 0. The zero-order chi connectivity index (χ0) is 16.9. The summed E-state index contributed by atoms with van der Waals surface area (Å²) in [5.41, 5.74) is 0.891. The summed E-state index contributed by atoms with van der Waals surface area (Å²) < 4.78 is 25.0. The number of sulfonamides is 1. The molecule has 0 radical (unpaired) electrons. The number of rotatable bonds is 6. The Morgan fingerprint density at radius 3 is 2.61 bits per heavy atom. The minimum Gasteiger partial charge on any atom is -0.312 e. The lowest BCUT2D eigenvalue weighted by molar-refractivity contribution is -0.123. The molecule has 0 N–H and O–H groups in total. The third-order valence-electron chi connectivity index (χ3n) is 4.27. The average Bonchev–Trinajstić information content (AvgIpc) is 2.55. The number of para-hydroxylation sites is 1. The van der Waals surface area contributed by atoms with E-state index in [9.17, 15) is 13.2 Å². The van der Waals surface area contributed by atoms with Crippen molar-refractivity contribution >= 4 is 21.6 Å². The van der Waals surface area contributed by atoms with E-state index >= 15 is 0 Å². The van der Waals surface area contributed by atoms with E-state index in [2.05, 4.69) is 6.92 Å². The number of hydrogen-bond donors (Lipinski definition) is 0. The van der Waals surface area contributed by atoms with Crippen LogP contribution in [0, 0.1) is 5.92 Å². The van der Waals surface area contributed by atoms with Crippen LogP contribution in [0.3, 0.4) is 0 Å². The van der Waals surface area contributed by atoms with Crippen molar-refractivity contribution < 1.29 is 13.2 Å². The molecule has 1 aromatic rings. The van der Waals surface area contributed by atoms with Gasteiger partial charge >= 0.3 is 0 Å². The molecular weight excluding hydrogens is 312 g/mol. The van der Waals surface area contributed by atoms with Crippen LogP contribution < -0.4 is 4.90 Å². The van der Waals surface area contributed by atoms with Crippen molar-refractivity contribution in [3.63, 3.8) is 0 Å². The van der Waals surface area contributed by atoms with Crippen molar-refractivity contribution in [2.45, 2.75) is 32.6 Å². The Balaban J connectivity index is 2.16. The molecule has 1 unspecified atom stereocenters. The van der Waals surface area contributed by atoms with Crippen LogP contribution in [-0.4, -0.2) is 44.5 Å². The maximum absolute atomic E-state index is 13.0. The summed E-state index contributed by atoms with van der Waals surface area (Å²) >= 11 is 0. The Bertz CT molecular complexity index is 616. The predicted molar refractivity (Wildman–Crippen MR) is 92.8 cm³/mol. The highest BCUT2D eigenvalue weighted by Gasteiger charge is 2.32. The van der Waals surface area contributed by atoms with Gasteiger partial charge in [-0.3, -0.25) is 4.79 Å². The van der Waals surface area contributed by atoms with Gasteiger partial charge in [-0.05, 0) is 31.4 Å². The number of anilines is 1. The largest absolute Gasteiger partial charge is 0.312 e. The first kappa shape index (κ1) is 17.9. The van der Waals surface area contributed by atoms with Crippen molar-refractivity contribution in [2.75, 3.05) is 30.8 Å². The smallest absolute Gasteiger partial charge is 0.231 e. The number of nitrogens with zero attached hydrogens (tertiary/aromatic N) is 2. The van der Waals surface area contributed by atoms with Gasteiger partial charge in [-0.25, -0.2) is 12.7 Å². The summed E-state index contributed by atoms with van der Waals surface area (Å²) in [6, 6.07) is 9.64. The van der Waals surface area contributed by atoms with E-state index in [4.69, 9.17) is 0 Å². The average molecular weight is 338 g/mol. The van der Waals surface area contributed by atoms with Crippen molar-refractivity contribution in [3.8, 4) is 0 Å². The first-order valence-electron chi connectivity index (χ1n) is 8.25.